The van der Waals surface area contributed by atoms with Crippen molar-refractivity contribution in [3.63, 3.8) is 0 Å². The summed E-state index contributed by atoms with van der Waals surface area (Å²) in [7, 11) is -3.06. The Morgan fingerprint density at radius 1 is 1.57 bits per heavy atom. The molecule has 0 bridgehead atoms. The molecule has 0 aromatic carbocycles. The molecule has 3 N–H and O–H groups in total. The molecule has 0 amide bonds. The highest BCUT2D eigenvalue weighted by Crippen LogP contribution is 2.15. The highest BCUT2D eigenvalue weighted by molar-refractivity contribution is 7.88. The van der Waals surface area contributed by atoms with Gasteiger partial charge in [0.15, 0.2) is 0 Å². The molecule has 0 aromatic heterocycles. The van der Waals surface area contributed by atoms with Crippen molar-refractivity contribution in [3.05, 3.63) is 0 Å². The molecule has 0 aliphatic carbocycles. The Morgan fingerprint density at radius 3 is 2.86 bits per heavy atom. The van der Waals surface area contributed by atoms with Crippen molar-refractivity contribution in [2.45, 2.75) is 18.9 Å². The fourth-order valence-corrected chi connectivity index (χ4v) is 2.33. The number of likely N-dealkylation sites (tertiary alicyclic amines) is 1. The Labute approximate surface area is 85.7 Å². The summed E-state index contributed by atoms with van der Waals surface area (Å²) in [6.07, 6.45) is 3.38. The van der Waals surface area contributed by atoms with E-state index in [0.717, 1.165) is 25.9 Å². The Kier molecular flexibility index (Phi) is 4.31. The third-order valence-electron chi connectivity index (χ3n) is 2.50. The van der Waals surface area contributed by atoms with Gasteiger partial charge in [-0.05, 0) is 19.4 Å². The van der Waals surface area contributed by atoms with Crippen molar-refractivity contribution < 1.29 is 8.42 Å². The SMILES string of the molecule is CS(=O)(=O)NC[C@H]1CCCN1CCN. The Hall–Kier alpha value is -0.170. The van der Waals surface area contributed by atoms with Crippen molar-refractivity contribution >= 4 is 10.0 Å². The lowest BCUT2D eigenvalue weighted by Gasteiger charge is -2.23. The summed E-state index contributed by atoms with van der Waals surface area (Å²) in [5, 5.41) is 0. The lowest BCUT2D eigenvalue weighted by atomic mass is 10.2. The minimum atomic E-state index is -3.06. The monoisotopic (exact) mass is 221 g/mol. The molecule has 0 unspecified atom stereocenters. The second-order valence-corrected chi connectivity index (χ2v) is 5.57. The first-order valence-electron chi connectivity index (χ1n) is 4.91. The summed E-state index contributed by atoms with van der Waals surface area (Å²) >= 11 is 0. The van der Waals surface area contributed by atoms with Crippen molar-refractivity contribution in [2.24, 2.45) is 5.73 Å². The predicted molar refractivity (Wildman–Crippen MR) is 56.5 cm³/mol. The highest BCUT2D eigenvalue weighted by Gasteiger charge is 2.23. The normalized spacial score (nSPS) is 24.3. The maximum absolute atomic E-state index is 10.9. The van der Waals surface area contributed by atoms with E-state index in [4.69, 9.17) is 5.73 Å². The highest BCUT2D eigenvalue weighted by atomic mass is 32.2. The molecule has 1 aliphatic rings. The molecule has 84 valence electrons. The molecule has 1 aliphatic heterocycles. The lowest BCUT2D eigenvalue weighted by Crippen LogP contribution is -2.41. The van der Waals surface area contributed by atoms with Crippen LogP contribution in [0.5, 0.6) is 0 Å². The fourth-order valence-electron chi connectivity index (χ4n) is 1.83. The number of sulfonamides is 1. The molecule has 1 heterocycles. The van der Waals surface area contributed by atoms with E-state index >= 15 is 0 Å². The van der Waals surface area contributed by atoms with E-state index in [-0.39, 0.29) is 0 Å². The smallest absolute Gasteiger partial charge is 0.208 e. The maximum atomic E-state index is 10.9. The summed E-state index contributed by atoms with van der Waals surface area (Å²) < 4.78 is 24.3. The molecule has 1 fully saturated rings. The number of hydrogen-bond acceptors (Lipinski definition) is 4. The van der Waals surface area contributed by atoms with E-state index < -0.39 is 10.0 Å². The van der Waals surface area contributed by atoms with Gasteiger partial charge in [-0.25, -0.2) is 13.1 Å². The molecule has 1 saturated heterocycles. The summed E-state index contributed by atoms with van der Waals surface area (Å²) in [5.74, 6) is 0. The van der Waals surface area contributed by atoms with Gasteiger partial charge in [0, 0.05) is 25.7 Å². The lowest BCUT2D eigenvalue weighted by molar-refractivity contribution is 0.261. The number of hydrogen-bond donors (Lipinski definition) is 2. The average molecular weight is 221 g/mol. The zero-order valence-electron chi connectivity index (χ0n) is 8.57. The van der Waals surface area contributed by atoms with Crippen LogP contribution in [0.3, 0.4) is 0 Å². The summed E-state index contributed by atoms with van der Waals surface area (Å²) in [6, 6.07) is 0.327. The molecule has 6 heteroatoms. The van der Waals surface area contributed by atoms with Gasteiger partial charge in [0.2, 0.25) is 10.0 Å². The van der Waals surface area contributed by atoms with Gasteiger partial charge in [-0.15, -0.1) is 0 Å². The van der Waals surface area contributed by atoms with Gasteiger partial charge in [-0.1, -0.05) is 0 Å². The Morgan fingerprint density at radius 2 is 2.29 bits per heavy atom. The molecule has 0 radical (unpaired) electrons. The van der Waals surface area contributed by atoms with Crippen LogP contribution in [0.25, 0.3) is 0 Å². The predicted octanol–water partition coefficient (Wildman–Crippen LogP) is -1.04. The van der Waals surface area contributed by atoms with Crippen molar-refractivity contribution in [3.8, 4) is 0 Å². The summed E-state index contributed by atoms with van der Waals surface area (Å²) in [6.45, 7) is 3.04. The molecule has 0 saturated carbocycles. The van der Waals surface area contributed by atoms with Crippen LogP contribution in [0.2, 0.25) is 0 Å². The first-order chi connectivity index (χ1) is 6.53. The molecule has 0 aromatic rings. The minimum Gasteiger partial charge on any atom is -0.329 e. The van der Waals surface area contributed by atoms with Gasteiger partial charge in [0.1, 0.15) is 0 Å². The van der Waals surface area contributed by atoms with Crippen LogP contribution in [0.4, 0.5) is 0 Å². The van der Waals surface area contributed by atoms with Crippen LogP contribution >= 0.6 is 0 Å². The molecular formula is C8H19N3O2S. The summed E-state index contributed by atoms with van der Waals surface area (Å²) in [5.41, 5.74) is 5.47. The van der Waals surface area contributed by atoms with Crippen LogP contribution in [-0.4, -0.2) is 51.8 Å². The van der Waals surface area contributed by atoms with E-state index in [2.05, 4.69) is 9.62 Å². The van der Waals surface area contributed by atoms with Crippen LogP contribution in [-0.2, 0) is 10.0 Å². The zero-order chi connectivity index (χ0) is 10.6. The second-order valence-electron chi connectivity index (χ2n) is 3.74. The second kappa shape index (κ2) is 5.06. The zero-order valence-corrected chi connectivity index (χ0v) is 9.39. The van der Waals surface area contributed by atoms with Crippen LogP contribution < -0.4 is 10.5 Å². The first-order valence-corrected chi connectivity index (χ1v) is 6.81. The maximum Gasteiger partial charge on any atom is 0.208 e. The molecule has 1 atom stereocenters. The third kappa shape index (κ3) is 3.91. The Bertz CT molecular complexity index is 266. The van der Waals surface area contributed by atoms with Crippen LogP contribution in [0, 0.1) is 0 Å². The van der Waals surface area contributed by atoms with Gasteiger partial charge in [0.05, 0.1) is 6.26 Å². The number of rotatable bonds is 5. The molecular weight excluding hydrogens is 202 g/mol. The third-order valence-corrected chi connectivity index (χ3v) is 3.19. The quantitative estimate of drug-likeness (QED) is 0.622. The number of nitrogens with one attached hydrogen (secondary N) is 1. The van der Waals surface area contributed by atoms with Gasteiger partial charge in [-0.3, -0.25) is 4.90 Å². The minimum absolute atomic E-state index is 0.327. The van der Waals surface area contributed by atoms with Crippen LogP contribution in [0.15, 0.2) is 0 Å². The topological polar surface area (TPSA) is 75.4 Å². The first kappa shape index (κ1) is 11.9. The van der Waals surface area contributed by atoms with Gasteiger partial charge in [0.25, 0.3) is 0 Å². The van der Waals surface area contributed by atoms with E-state index in [1.807, 2.05) is 0 Å². The van der Waals surface area contributed by atoms with Gasteiger partial charge < -0.3 is 5.73 Å². The molecule has 5 nitrogen and oxygen atoms in total. The van der Waals surface area contributed by atoms with E-state index in [1.54, 1.807) is 0 Å². The van der Waals surface area contributed by atoms with Gasteiger partial charge in [-0.2, -0.15) is 0 Å². The van der Waals surface area contributed by atoms with Crippen molar-refractivity contribution in [1.82, 2.24) is 9.62 Å². The van der Waals surface area contributed by atoms with Crippen molar-refractivity contribution in [1.29, 1.82) is 0 Å². The number of nitrogens with two attached hydrogens (primary N) is 1. The summed E-state index contributed by atoms with van der Waals surface area (Å²) in [4.78, 5) is 2.25. The fraction of sp³-hybridized carbons (Fsp3) is 1.00. The largest absolute Gasteiger partial charge is 0.329 e. The van der Waals surface area contributed by atoms with Crippen molar-refractivity contribution in [2.75, 3.05) is 32.4 Å². The average Bonchev–Trinajstić information content (AvgIpc) is 2.48. The standard InChI is InChI=1S/C8H19N3O2S/c1-14(12,13)10-7-8-3-2-5-11(8)6-4-9/h8,10H,2-7,9H2,1H3/t8-/m1/s1. The molecule has 1 rings (SSSR count). The van der Waals surface area contributed by atoms with E-state index in [9.17, 15) is 8.42 Å². The van der Waals surface area contributed by atoms with E-state index in [0.29, 0.717) is 19.1 Å². The van der Waals surface area contributed by atoms with Crippen LogP contribution in [0.1, 0.15) is 12.8 Å². The van der Waals surface area contributed by atoms with E-state index in [1.165, 1.54) is 6.26 Å². The molecule has 0 spiro atoms. The number of nitrogens with zero attached hydrogens (tertiary/aromatic N) is 1. The van der Waals surface area contributed by atoms with Gasteiger partial charge >= 0.3 is 0 Å². The molecule has 14 heavy (non-hydrogen) atoms. The Balaban J connectivity index is 2.36.